The van der Waals surface area contributed by atoms with Crippen LogP contribution in [0, 0.1) is 8.99 Å². The maximum absolute atomic E-state index is 9.25. The molecule has 0 fully saturated rings. The molecule has 0 spiro atoms. The van der Waals surface area contributed by atoms with Crippen molar-refractivity contribution < 1.29 is 10.2 Å². The SMILES string of the molecule is CN(Cc1ccc(I)cc1)CC(C)(CO)CO. The highest BCUT2D eigenvalue weighted by Crippen LogP contribution is 2.17. The second kappa shape index (κ2) is 6.68. The summed E-state index contributed by atoms with van der Waals surface area (Å²) in [6.07, 6.45) is 0. The number of aliphatic hydroxyl groups excluding tert-OH is 2. The van der Waals surface area contributed by atoms with Crippen LogP contribution < -0.4 is 0 Å². The van der Waals surface area contributed by atoms with Crippen LogP contribution in [-0.4, -0.2) is 41.9 Å². The minimum Gasteiger partial charge on any atom is -0.396 e. The molecular weight excluding hydrogens is 329 g/mol. The number of hydrogen-bond acceptors (Lipinski definition) is 3. The van der Waals surface area contributed by atoms with Gasteiger partial charge >= 0.3 is 0 Å². The van der Waals surface area contributed by atoms with Gasteiger partial charge in [0.05, 0.1) is 13.2 Å². The summed E-state index contributed by atoms with van der Waals surface area (Å²) in [5, 5.41) is 18.5. The Balaban J connectivity index is 2.54. The third-order valence-electron chi connectivity index (χ3n) is 2.78. The molecule has 0 radical (unpaired) electrons. The molecule has 3 nitrogen and oxygen atoms in total. The Morgan fingerprint density at radius 2 is 1.71 bits per heavy atom. The van der Waals surface area contributed by atoms with Crippen molar-refractivity contribution in [3.05, 3.63) is 33.4 Å². The molecule has 0 aliphatic rings. The van der Waals surface area contributed by atoms with Gasteiger partial charge in [0.25, 0.3) is 0 Å². The average Bonchev–Trinajstić information content (AvgIpc) is 2.32. The number of aliphatic hydroxyl groups is 2. The number of rotatable bonds is 6. The van der Waals surface area contributed by atoms with Crippen molar-refractivity contribution in [3.63, 3.8) is 0 Å². The second-order valence-corrected chi connectivity index (χ2v) is 6.17. The third kappa shape index (κ3) is 4.91. The first-order valence-corrected chi connectivity index (χ1v) is 6.72. The van der Waals surface area contributed by atoms with E-state index in [0.717, 1.165) is 6.54 Å². The van der Waals surface area contributed by atoms with Crippen molar-refractivity contribution in [1.29, 1.82) is 0 Å². The molecule has 96 valence electrons. The monoisotopic (exact) mass is 349 g/mol. The molecule has 1 aromatic rings. The summed E-state index contributed by atoms with van der Waals surface area (Å²) in [5.74, 6) is 0. The van der Waals surface area contributed by atoms with E-state index in [4.69, 9.17) is 0 Å². The van der Waals surface area contributed by atoms with Crippen LogP contribution in [0.3, 0.4) is 0 Å². The standard InChI is InChI=1S/C13H20INO2/c1-13(9-16,10-17)8-15(2)7-11-3-5-12(14)6-4-11/h3-6,16-17H,7-10H2,1-2H3. The predicted octanol–water partition coefficient (Wildman–Crippen LogP) is 1.71. The van der Waals surface area contributed by atoms with Gasteiger partial charge in [-0.25, -0.2) is 0 Å². The highest BCUT2D eigenvalue weighted by molar-refractivity contribution is 14.1. The van der Waals surface area contributed by atoms with Crippen LogP contribution in [0.15, 0.2) is 24.3 Å². The highest BCUT2D eigenvalue weighted by Gasteiger charge is 2.24. The minimum atomic E-state index is -0.433. The van der Waals surface area contributed by atoms with Crippen LogP contribution in [0.5, 0.6) is 0 Å². The smallest absolute Gasteiger partial charge is 0.0519 e. The van der Waals surface area contributed by atoms with E-state index in [1.807, 2.05) is 14.0 Å². The van der Waals surface area contributed by atoms with Gasteiger partial charge in [-0.2, -0.15) is 0 Å². The van der Waals surface area contributed by atoms with Crippen LogP contribution in [-0.2, 0) is 6.54 Å². The molecule has 1 aromatic carbocycles. The first-order chi connectivity index (χ1) is 7.99. The Bertz CT molecular complexity index is 336. The number of hydrogen-bond donors (Lipinski definition) is 2. The van der Waals surface area contributed by atoms with E-state index in [2.05, 4.69) is 51.8 Å². The van der Waals surface area contributed by atoms with Gasteiger partial charge in [0.2, 0.25) is 0 Å². The molecule has 0 aliphatic carbocycles. The molecular formula is C13H20INO2. The molecule has 0 bridgehead atoms. The maximum atomic E-state index is 9.25. The lowest BCUT2D eigenvalue weighted by atomic mass is 9.92. The van der Waals surface area contributed by atoms with Crippen LogP contribution in [0.1, 0.15) is 12.5 Å². The molecule has 0 saturated heterocycles. The fraction of sp³-hybridized carbons (Fsp3) is 0.538. The Hall–Kier alpha value is -0.170. The Labute approximate surface area is 117 Å². The van der Waals surface area contributed by atoms with Gasteiger partial charge in [-0.1, -0.05) is 19.1 Å². The van der Waals surface area contributed by atoms with E-state index in [1.165, 1.54) is 9.13 Å². The normalized spacial score (nSPS) is 12.1. The third-order valence-corrected chi connectivity index (χ3v) is 3.50. The summed E-state index contributed by atoms with van der Waals surface area (Å²) >= 11 is 2.28. The summed E-state index contributed by atoms with van der Waals surface area (Å²) < 4.78 is 1.23. The average molecular weight is 349 g/mol. The molecule has 0 atom stereocenters. The van der Waals surface area contributed by atoms with Gasteiger partial charge in [0, 0.05) is 22.1 Å². The van der Waals surface area contributed by atoms with Crippen molar-refractivity contribution in [2.24, 2.45) is 5.41 Å². The highest BCUT2D eigenvalue weighted by atomic mass is 127. The van der Waals surface area contributed by atoms with E-state index >= 15 is 0 Å². The number of halogens is 1. The topological polar surface area (TPSA) is 43.7 Å². The first kappa shape index (κ1) is 14.9. The lowest BCUT2D eigenvalue weighted by Gasteiger charge is -2.30. The molecule has 0 saturated carbocycles. The lowest BCUT2D eigenvalue weighted by Crippen LogP contribution is -2.38. The summed E-state index contributed by atoms with van der Waals surface area (Å²) in [5.41, 5.74) is 0.809. The summed E-state index contributed by atoms with van der Waals surface area (Å²) in [7, 11) is 2.00. The van der Waals surface area contributed by atoms with Crippen LogP contribution in [0.4, 0.5) is 0 Å². The number of nitrogens with zero attached hydrogens (tertiary/aromatic N) is 1. The second-order valence-electron chi connectivity index (χ2n) is 4.93. The molecule has 0 aliphatic heterocycles. The quantitative estimate of drug-likeness (QED) is 0.769. The Kier molecular flexibility index (Phi) is 5.85. The zero-order chi connectivity index (χ0) is 12.9. The molecule has 0 aromatic heterocycles. The molecule has 0 unspecified atom stereocenters. The van der Waals surface area contributed by atoms with E-state index in [-0.39, 0.29) is 13.2 Å². The van der Waals surface area contributed by atoms with Gasteiger partial charge in [-0.15, -0.1) is 0 Å². The largest absolute Gasteiger partial charge is 0.396 e. The maximum Gasteiger partial charge on any atom is 0.0519 e. The van der Waals surface area contributed by atoms with Crippen LogP contribution in [0.25, 0.3) is 0 Å². The fourth-order valence-electron chi connectivity index (χ4n) is 1.76. The van der Waals surface area contributed by atoms with Crippen LogP contribution in [0.2, 0.25) is 0 Å². The predicted molar refractivity (Wildman–Crippen MR) is 77.8 cm³/mol. The van der Waals surface area contributed by atoms with Gasteiger partial charge < -0.3 is 15.1 Å². The molecule has 4 heteroatoms. The first-order valence-electron chi connectivity index (χ1n) is 5.64. The van der Waals surface area contributed by atoms with Gasteiger partial charge in [0.15, 0.2) is 0 Å². The number of benzene rings is 1. The van der Waals surface area contributed by atoms with E-state index in [1.54, 1.807) is 0 Å². The van der Waals surface area contributed by atoms with E-state index in [9.17, 15) is 10.2 Å². The van der Waals surface area contributed by atoms with Gasteiger partial charge in [0.1, 0.15) is 0 Å². The molecule has 0 heterocycles. The Morgan fingerprint density at radius 3 is 2.18 bits per heavy atom. The molecule has 17 heavy (non-hydrogen) atoms. The van der Waals surface area contributed by atoms with Gasteiger partial charge in [-0.3, -0.25) is 0 Å². The van der Waals surface area contributed by atoms with Crippen molar-refractivity contribution >= 4 is 22.6 Å². The van der Waals surface area contributed by atoms with Crippen molar-refractivity contribution in [3.8, 4) is 0 Å². The van der Waals surface area contributed by atoms with Crippen LogP contribution >= 0.6 is 22.6 Å². The van der Waals surface area contributed by atoms with E-state index in [0.29, 0.717) is 6.54 Å². The van der Waals surface area contributed by atoms with Crippen molar-refractivity contribution in [2.45, 2.75) is 13.5 Å². The van der Waals surface area contributed by atoms with Gasteiger partial charge in [-0.05, 0) is 47.3 Å². The van der Waals surface area contributed by atoms with Crippen molar-refractivity contribution in [2.75, 3.05) is 26.8 Å². The molecule has 2 N–H and O–H groups in total. The molecule has 1 rings (SSSR count). The summed E-state index contributed by atoms with van der Waals surface area (Å²) in [6.45, 7) is 3.39. The van der Waals surface area contributed by atoms with E-state index < -0.39 is 5.41 Å². The zero-order valence-electron chi connectivity index (χ0n) is 10.4. The lowest BCUT2D eigenvalue weighted by molar-refractivity contribution is 0.0402. The van der Waals surface area contributed by atoms with Crippen molar-refractivity contribution in [1.82, 2.24) is 4.90 Å². The minimum absolute atomic E-state index is 0.000524. The molecule has 0 amide bonds. The zero-order valence-corrected chi connectivity index (χ0v) is 12.5. The summed E-state index contributed by atoms with van der Waals surface area (Å²) in [6, 6.07) is 8.38. The summed E-state index contributed by atoms with van der Waals surface area (Å²) in [4.78, 5) is 2.12. The fourth-order valence-corrected chi connectivity index (χ4v) is 2.12. The Morgan fingerprint density at radius 1 is 1.18 bits per heavy atom.